The third kappa shape index (κ3) is 3.53. The molecule has 0 aliphatic carbocycles. The van der Waals surface area contributed by atoms with Gasteiger partial charge in [0.05, 0.1) is 0 Å². The van der Waals surface area contributed by atoms with Crippen LogP contribution in [0.15, 0.2) is 109 Å². The van der Waals surface area contributed by atoms with Crippen LogP contribution < -0.4 is 4.90 Å². The van der Waals surface area contributed by atoms with Crippen LogP contribution in [0.5, 0.6) is 0 Å². The number of pyridine rings is 1. The topological polar surface area (TPSA) is 50.3 Å². The number of thiophene rings is 2. The Morgan fingerprint density at radius 2 is 1.19 bits per heavy atom. The lowest BCUT2D eigenvalue weighted by Crippen LogP contribution is -2.40. The second-order valence-corrected chi connectivity index (χ2v) is 10.9. The fourth-order valence-corrected chi connectivity index (χ4v) is 7.00. The van der Waals surface area contributed by atoms with Crippen LogP contribution in [0.25, 0.3) is 41.4 Å². The highest BCUT2D eigenvalue weighted by atomic mass is 32.1. The highest BCUT2D eigenvalue weighted by molar-refractivity contribution is 7.25. The number of carbonyl (C=O) groups excluding carboxylic acids is 2. The number of anilines is 1. The quantitative estimate of drug-likeness (QED) is 0.223. The van der Waals surface area contributed by atoms with Crippen LogP contribution in [-0.2, 0) is 0 Å². The van der Waals surface area contributed by atoms with Gasteiger partial charge in [0, 0.05) is 42.2 Å². The van der Waals surface area contributed by atoms with E-state index in [1.807, 2.05) is 30.3 Å². The molecular weight excluding hydrogens is 496 g/mol. The fraction of sp³-hybridized carbons (Fsp3) is 0. The maximum Gasteiger partial charge on any atom is 0.267 e. The SMILES string of the molecule is O=C1c2cccc3c(-c4ccc(-c5ccc(-c6ccccc6)s5)s4)ccc(c23)C(=O)N1c1ccccn1. The van der Waals surface area contributed by atoms with Gasteiger partial charge in [0.25, 0.3) is 11.8 Å². The molecule has 2 amide bonds. The lowest BCUT2D eigenvalue weighted by molar-refractivity contribution is 0.0892. The molecule has 4 heterocycles. The van der Waals surface area contributed by atoms with E-state index in [1.54, 1.807) is 53.1 Å². The number of aromatic nitrogens is 1. The molecule has 7 rings (SSSR count). The number of imide groups is 1. The lowest BCUT2D eigenvalue weighted by atomic mass is 9.91. The molecule has 1 aliphatic heterocycles. The van der Waals surface area contributed by atoms with Crippen LogP contribution >= 0.6 is 22.7 Å². The Kier molecular flexibility index (Phi) is 5.09. The van der Waals surface area contributed by atoms with Crippen LogP contribution in [0.1, 0.15) is 20.7 Å². The van der Waals surface area contributed by atoms with Gasteiger partial charge in [-0.3, -0.25) is 9.59 Å². The van der Waals surface area contributed by atoms with Gasteiger partial charge in [0.1, 0.15) is 5.82 Å². The predicted octanol–water partition coefficient (Wildman–Crippen LogP) is 8.16. The van der Waals surface area contributed by atoms with E-state index in [2.05, 4.69) is 53.5 Å². The second-order valence-electron chi connectivity index (χ2n) is 8.72. The zero-order valence-electron chi connectivity index (χ0n) is 19.4. The van der Waals surface area contributed by atoms with Gasteiger partial charge in [-0.2, -0.15) is 0 Å². The van der Waals surface area contributed by atoms with E-state index in [0.717, 1.165) is 15.8 Å². The monoisotopic (exact) mass is 514 g/mol. The summed E-state index contributed by atoms with van der Waals surface area (Å²) in [5.74, 6) is -0.367. The van der Waals surface area contributed by atoms with Gasteiger partial charge in [-0.1, -0.05) is 54.6 Å². The fourth-order valence-electron chi connectivity index (χ4n) is 4.85. The van der Waals surface area contributed by atoms with Gasteiger partial charge in [-0.05, 0) is 65.0 Å². The van der Waals surface area contributed by atoms with Crippen molar-refractivity contribution in [3.8, 4) is 30.6 Å². The normalized spacial score (nSPS) is 12.9. The smallest absolute Gasteiger partial charge is 0.267 e. The number of amides is 2. The van der Waals surface area contributed by atoms with Crippen LogP contribution in [-0.4, -0.2) is 16.8 Å². The maximum absolute atomic E-state index is 13.4. The number of benzene rings is 3. The summed E-state index contributed by atoms with van der Waals surface area (Å²) in [4.78, 5) is 37.0. The van der Waals surface area contributed by atoms with Gasteiger partial charge < -0.3 is 0 Å². The summed E-state index contributed by atoms with van der Waals surface area (Å²) >= 11 is 3.50. The number of nitrogens with zero attached hydrogens (tertiary/aromatic N) is 2. The molecule has 0 fully saturated rings. The molecule has 6 heteroatoms. The highest BCUT2D eigenvalue weighted by Crippen LogP contribution is 2.43. The van der Waals surface area contributed by atoms with E-state index in [1.165, 1.54) is 25.1 Å². The van der Waals surface area contributed by atoms with Gasteiger partial charge in [0.15, 0.2) is 0 Å². The van der Waals surface area contributed by atoms with E-state index in [-0.39, 0.29) is 11.8 Å². The van der Waals surface area contributed by atoms with Crippen molar-refractivity contribution in [2.45, 2.75) is 0 Å². The predicted molar refractivity (Wildman–Crippen MR) is 151 cm³/mol. The number of hydrogen-bond donors (Lipinski definition) is 0. The molecule has 0 radical (unpaired) electrons. The summed E-state index contributed by atoms with van der Waals surface area (Å²) < 4.78 is 0. The van der Waals surface area contributed by atoms with E-state index < -0.39 is 0 Å². The molecule has 0 saturated heterocycles. The molecule has 3 aromatic heterocycles. The Labute approximate surface area is 221 Å². The summed E-state index contributed by atoms with van der Waals surface area (Å²) in [6, 6.07) is 33.7. The van der Waals surface area contributed by atoms with Crippen LogP contribution in [0, 0.1) is 0 Å². The zero-order chi connectivity index (χ0) is 24.9. The number of hydrogen-bond acceptors (Lipinski definition) is 5. The van der Waals surface area contributed by atoms with E-state index >= 15 is 0 Å². The highest BCUT2D eigenvalue weighted by Gasteiger charge is 2.35. The molecule has 176 valence electrons. The van der Waals surface area contributed by atoms with E-state index in [4.69, 9.17) is 0 Å². The van der Waals surface area contributed by atoms with Crippen molar-refractivity contribution in [3.05, 3.63) is 120 Å². The van der Waals surface area contributed by atoms with E-state index in [9.17, 15) is 9.59 Å². The third-order valence-corrected chi connectivity index (χ3v) is 9.01. The van der Waals surface area contributed by atoms with Crippen LogP contribution in [0.4, 0.5) is 5.82 Å². The lowest BCUT2D eigenvalue weighted by Gasteiger charge is -2.26. The number of rotatable bonds is 4. The van der Waals surface area contributed by atoms with Crippen molar-refractivity contribution in [1.29, 1.82) is 0 Å². The number of carbonyl (C=O) groups is 2. The molecule has 0 saturated carbocycles. The Morgan fingerprint density at radius 3 is 1.95 bits per heavy atom. The van der Waals surface area contributed by atoms with Gasteiger partial charge in [-0.15, -0.1) is 22.7 Å². The largest absolute Gasteiger partial charge is 0.268 e. The summed E-state index contributed by atoms with van der Waals surface area (Å²) in [6.45, 7) is 0. The maximum atomic E-state index is 13.4. The van der Waals surface area contributed by atoms with Crippen molar-refractivity contribution in [2.24, 2.45) is 0 Å². The Hall–Kier alpha value is -4.39. The van der Waals surface area contributed by atoms with Gasteiger partial charge >= 0.3 is 0 Å². The first-order valence-corrected chi connectivity index (χ1v) is 13.4. The van der Waals surface area contributed by atoms with Crippen molar-refractivity contribution in [2.75, 3.05) is 4.90 Å². The standard InChI is InChI=1S/C31H18N2O2S2/c34-30-22-10-6-9-21-20(12-13-23(29(21)22)31(35)33(30)28-11-4-5-18-32-28)25-15-17-27(37-25)26-16-14-24(36-26)19-7-2-1-3-8-19/h1-18H. The van der Waals surface area contributed by atoms with Crippen molar-refractivity contribution < 1.29 is 9.59 Å². The zero-order valence-corrected chi connectivity index (χ0v) is 21.1. The van der Waals surface area contributed by atoms with E-state index in [0.29, 0.717) is 22.3 Å². The minimum atomic E-state index is -0.349. The third-order valence-electron chi connectivity index (χ3n) is 6.56. The van der Waals surface area contributed by atoms with Crippen LogP contribution in [0.2, 0.25) is 0 Å². The molecule has 0 unspecified atom stereocenters. The average molecular weight is 515 g/mol. The molecular formula is C31H18N2O2S2. The minimum absolute atomic E-state index is 0.331. The first-order valence-electron chi connectivity index (χ1n) is 11.8. The molecule has 6 aromatic rings. The van der Waals surface area contributed by atoms with Crippen LogP contribution in [0.3, 0.4) is 0 Å². The van der Waals surface area contributed by atoms with Crippen molar-refractivity contribution in [3.63, 3.8) is 0 Å². The molecule has 1 aliphatic rings. The molecule has 3 aromatic carbocycles. The summed E-state index contributed by atoms with van der Waals surface area (Å²) in [6.07, 6.45) is 1.58. The summed E-state index contributed by atoms with van der Waals surface area (Å²) in [5.41, 5.74) is 3.26. The molecule has 0 spiro atoms. The Bertz CT molecular complexity index is 1800. The molecule has 0 N–H and O–H groups in total. The first kappa shape index (κ1) is 21.9. The molecule has 37 heavy (non-hydrogen) atoms. The molecule has 4 nitrogen and oxygen atoms in total. The summed E-state index contributed by atoms with van der Waals surface area (Å²) in [7, 11) is 0. The van der Waals surface area contributed by atoms with Crippen molar-refractivity contribution in [1.82, 2.24) is 4.98 Å². The molecule has 0 atom stereocenters. The Balaban J connectivity index is 1.30. The van der Waals surface area contributed by atoms with Gasteiger partial charge in [0.2, 0.25) is 0 Å². The minimum Gasteiger partial charge on any atom is -0.268 e. The van der Waals surface area contributed by atoms with Crippen molar-refractivity contribution >= 4 is 51.1 Å². The average Bonchev–Trinajstić information content (AvgIpc) is 3.63. The Morgan fingerprint density at radius 1 is 0.541 bits per heavy atom. The van der Waals surface area contributed by atoms with Gasteiger partial charge in [-0.25, -0.2) is 9.88 Å². The molecule has 0 bridgehead atoms. The second kappa shape index (κ2) is 8.62. The first-order chi connectivity index (χ1) is 18.2. The summed E-state index contributed by atoms with van der Waals surface area (Å²) in [5, 5.41) is 1.61.